The van der Waals surface area contributed by atoms with E-state index in [1.165, 1.54) is 12.1 Å². The van der Waals surface area contributed by atoms with Crippen LogP contribution in [-0.2, 0) is 10.0 Å². The van der Waals surface area contributed by atoms with Crippen molar-refractivity contribution >= 4 is 26.9 Å². The minimum Gasteiger partial charge on any atom is -0.451 e. The summed E-state index contributed by atoms with van der Waals surface area (Å²) in [5, 5.41) is 8.74. The molecule has 1 heterocycles. The Hall–Kier alpha value is -2.64. The molecule has 3 rings (SSSR count). The molecule has 0 aliphatic carbocycles. The van der Waals surface area contributed by atoms with Crippen LogP contribution < -0.4 is 10.5 Å². The molecule has 124 valence electrons. The Morgan fingerprint density at radius 2 is 1.79 bits per heavy atom. The highest BCUT2D eigenvalue weighted by molar-refractivity contribution is 7.89. The normalized spacial score (nSPS) is 12.9. The largest absolute Gasteiger partial charge is 0.451 e. The molecule has 0 unspecified atom stereocenters. The van der Waals surface area contributed by atoms with Gasteiger partial charge < -0.3 is 9.73 Å². The molecule has 1 aromatic heterocycles. The highest BCUT2D eigenvalue weighted by Crippen LogP contribution is 2.20. The fourth-order valence-electron chi connectivity index (χ4n) is 2.39. The summed E-state index contributed by atoms with van der Waals surface area (Å²) >= 11 is 0. The Morgan fingerprint density at radius 1 is 1.12 bits per heavy atom. The number of rotatable bonds is 4. The van der Waals surface area contributed by atoms with Gasteiger partial charge in [0.05, 0.1) is 10.9 Å². The number of carbonyl (C=O) groups excluding carboxylic acids is 1. The number of primary sulfonamides is 1. The molecule has 24 heavy (non-hydrogen) atoms. The number of benzene rings is 2. The molecule has 1 atom stereocenters. The van der Waals surface area contributed by atoms with Gasteiger partial charge in [0.1, 0.15) is 5.58 Å². The van der Waals surface area contributed by atoms with Crippen molar-refractivity contribution in [1.82, 2.24) is 5.32 Å². The van der Waals surface area contributed by atoms with Gasteiger partial charge in [-0.05, 0) is 36.8 Å². The smallest absolute Gasteiger partial charge is 0.287 e. The Morgan fingerprint density at radius 3 is 2.42 bits per heavy atom. The van der Waals surface area contributed by atoms with Crippen molar-refractivity contribution in [3.05, 3.63) is 65.9 Å². The summed E-state index contributed by atoms with van der Waals surface area (Å²) < 4.78 is 28.0. The Bertz CT molecular complexity index is 958. The van der Waals surface area contributed by atoms with Gasteiger partial charge >= 0.3 is 0 Å². The van der Waals surface area contributed by atoms with Crippen molar-refractivity contribution in [1.29, 1.82) is 0 Å². The summed E-state index contributed by atoms with van der Waals surface area (Å²) in [6.07, 6.45) is 0. The van der Waals surface area contributed by atoms with E-state index in [1.54, 1.807) is 31.2 Å². The third kappa shape index (κ3) is 3.32. The van der Waals surface area contributed by atoms with Crippen LogP contribution in [0, 0.1) is 0 Å². The van der Waals surface area contributed by atoms with Gasteiger partial charge in [-0.25, -0.2) is 13.6 Å². The highest BCUT2D eigenvalue weighted by atomic mass is 32.2. The van der Waals surface area contributed by atoms with Crippen molar-refractivity contribution in [3.63, 3.8) is 0 Å². The summed E-state index contributed by atoms with van der Waals surface area (Å²) in [5.41, 5.74) is 1.40. The predicted molar refractivity (Wildman–Crippen MR) is 89.9 cm³/mol. The molecule has 0 saturated heterocycles. The van der Waals surface area contributed by atoms with Gasteiger partial charge in [0.25, 0.3) is 5.91 Å². The van der Waals surface area contributed by atoms with Crippen LogP contribution in [0.4, 0.5) is 0 Å². The lowest BCUT2D eigenvalue weighted by Gasteiger charge is -2.13. The molecule has 0 fully saturated rings. The van der Waals surface area contributed by atoms with Gasteiger partial charge in [-0.1, -0.05) is 30.3 Å². The molecule has 0 bridgehead atoms. The summed E-state index contributed by atoms with van der Waals surface area (Å²) in [7, 11) is -3.73. The minimum absolute atomic E-state index is 0.0297. The van der Waals surface area contributed by atoms with Crippen LogP contribution in [0.5, 0.6) is 0 Å². The zero-order valence-electron chi connectivity index (χ0n) is 12.9. The molecule has 0 radical (unpaired) electrons. The first-order valence-corrected chi connectivity index (χ1v) is 8.81. The van der Waals surface area contributed by atoms with Crippen LogP contribution in [0.2, 0.25) is 0 Å². The van der Waals surface area contributed by atoms with Gasteiger partial charge in [0.2, 0.25) is 10.0 Å². The highest BCUT2D eigenvalue weighted by Gasteiger charge is 2.16. The SMILES string of the molecule is C[C@H](NC(=O)c1cc2ccccc2o1)c1ccc(S(N)(=O)=O)cc1. The van der Waals surface area contributed by atoms with Crippen molar-refractivity contribution in [2.75, 3.05) is 0 Å². The Labute approximate surface area is 139 Å². The molecule has 7 heteroatoms. The van der Waals surface area contributed by atoms with Crippen molar-refractivity contribution in [2.45, 2.75) is 17.9 Å². The number of furan rings is 1. The zero-order chi connectivity index (χ0) is 17.3. The van der Waals surface area contributed by atoms with Gasteiger partial charge in [-0.2, -0.15) is 0 Å². The van der Waals surface area contributed by atoms with Crippen molar-refractivity contribution < 1.29 is 17.6 Å². The predicted octanol–water partition coefficient (Wildman–Crippen LogP) is 2.57. The van der Waals surface area contributed by atoms with Gasteiger partial charge in [0.15, 0.2) is 5.76 Å². The number of nitrogens with one attached hydrogen (secondary N) is 1. The second-order valence-corrected chi connectivity index (χ2v) is 7.02. The maximum absolute atomic E-state index is 12.3. The first-order chi connectivity index (χ1) is 11.3. The van der Waals surface area contributed by atoms with E-state index in [-0.39, 0.29) is 22.6 Å². The van der Waals surface area contributed by atoms with E-state index in [4.69, 9.17) is 9.56 Å². The van der Waals surface area contributed by atoms with E-state index in [0.29, 0.717) is 5.58 Å². The van der Waals surface area contributed by atoms with Crippen LogP contribution >= 0.6 is 0 Å². The molecule has 0 spiro atoms. The van der Waals surface area contributed by atoms with Crippen LogP contribution in [-0.4, -0.2) is 14.3 Å². The van der Waals surface area contributed by atoms with E-state index in [2.05, 4.69) is 5.32 Å². The molecule has 0 aliphatic rings. The molecule has 2 aromatic carbocycles. The average molecular weight is 344 g/mol. The second kappa shape index (κ2) is 6.10. The van der Waals surface area contributed by atoms with E-state index >= 15 is 0 Å². The Balaban J connectivity index is 1.76. The molecule has 1 amide bonds. The topological polar surface area (TPSA) is 102 Å². The molecule has 6 nitrogen and oxygen atoms in total. The van der Waals surface area contributed by atoms with E-state index in [9.17, 15) is 13.2 Å². The lowest BCUT2D eigenvalue weighted by atomic mass is 10.1. The van der Waals surface area contributed by atoms with Gasteiger partial charge in [0, 0.05) is 5.39 Å². The minimum atomic E-state index is -3.73. The number of fused-ring (bicyclic) bond motifs is 1. The number of amides is 1. The summed E-state index contributed by atoms with van der Waals surface area (Å²) in [6, 6.07) is 14.8. The third-order valence-electron chi connectivity index (χ3n) is 3.71. The van der Waals surface area contributed by atoms with Crippen molar-refractivity contribution in [3.8, 4) is 0 Å². The van der Waals surface area contributed by atoms with E-state index < -0.39 is 10.0 Å². The van der Waals surface area contributed by atoms with Crippen LogP contribution in [0.3, 0.4) is 0 Å². The van der Waals surface area contributed by atoms with Crippen LogP contribution in [0.15, 0.2) is 63.9 Å². The summed E-state index contributed by atoms with van der Waals surface area (Å²) in [6.45, 7) is 1.80. The monoisotopic (exact) mass is 344 g/mol. The van der Waals surface area contributed by atoms with Gasteiger partial charge in [-0.3, -0.25) is 4.79 Å². The fourth-order valence-corrected chi connectivity index (χ4v) is 2.91. The molecule has 3 aromatic rings. The number of carbonyl (C=O) groups is 1. The van der Waals surface area contributed by atoms with Crippen LogP contribution in [0.25, 0.3) is 11.0 Å². The lowest BCUT2D eigenvalue weighted by molar-refractivity contribution is 0.0914. The van der Waals surface area contributed by atoms with Crippen LogP contribution in [0.1, 0.15) is 29.1 Å². The summed E-state index contributed by atoms with van der Waals surface area (Å²) in [5.74, 6) is -0.113. The average Bonchev–Trinajstić information content (AvgIpc) is 2.98. The molecule has 0 saturated carbocycles. The lowest BCUT2D eigenvalue weighted by Crippen LogP contribution is -2.26. The molecule has 0 aliphatic heterocycles. The second-order valence-electron chi connectivity index (χ2n) is 5.46. The molecular weight excluding hydrogens is 328 g/mol. The third-order valence-corrected chi connectivity index (χ3v) is 4.63. The fraction of sp³-hybridized carbons (Fsp3) is 0.118. The van der Waals surface area contributed by atoms with Crippen molar-refractivity contribution in [2.24, 2.45) is 5.14 Å². The zero-order valence-corrected chi connectivity index (χ0v) is 13.7. The standard InChI is InChI=1S/C17H16N2O4S/c1-11(12-6-8-14(9-7-12)24(18,21)22)19-17(20)16-10-13-4-2-3-5-15(13)23-16/h2-11H,1H3,(H,19,20)(H2,18,21,22)/t11-/m0/s1. The maximum atomic E-state index is 12.3. The first-order valence-electron chi connectivity index (χ1n) is 7.27. The first kappa shape index (κ1) is 16.2. The molecular formula is C17H16N2O4S. The quantitative estimate of drug-likeness (QED) is 0.759. The van der Waals surface area contributed by atoms with Gasteiger partial charge in [-0.15, -0.1) is 0 Å². The number of sulfonamides is 1. The Kier molecular flexibility index (Phi) is 4.13. The maximum Gasteiger partial charge on any atom is 0.287 e. The molecule has 3 N–H and O–H groups in total. The van der Waals surface area contributed by atoms with E-state index in [0.717, 1.165) is 10.9 Å². The number of para-hydroxylation sites is 1. The number of hydrogen-bond acceptors (Lipinski definition) is 4. The van der Waals surface area contributed by atoms with E-state index in [1.807, 2.05) is 18.2 Å². The number of nitrogens with two attached hydrogens (primary N) is 1. The number of hydrogen-bond donors (Lipinski definition) is 2. The summed E-state index contributed by atoms with van der Waals surface area (Å²) in [4.78, 5) is 12.3.